The molecule has 0 amide bonds. The van der Waals surface area contributed by atoms with Crippen LogP contribution in [0.2, 0.25) is 0 Å². The SMILES string of the molecule is CO[C@H]1O[C@H]2COc3ccccc3O[C@@H]2[C@H]2[C@H]1N2C(N)=S. The van der Waals surface area contributed by atoms with E-state index < -0.39 is 0 Å². The standard InChI is InChI=1S/C14H16N2O4S/c1-17-13-11-10(16(11)14(15)21)12-9(20-13)6-18-7-4-2-3-5-8(7)19-12/h2-5,9-13H,6H2,1H3,(H2,15,21)/t9-,10+,11+,12-,13-,16?/m0/s1. The van der Waals surface area contributed by atoms with Crippen LogP contribution in [0, 0.1) is 0 Å². The summed E-state index contributed by atoms with van der Waals surface area (Å²) < 4.78 is 23.3. The van der Waals surface area contributed by atoms with E-state index in [4.69, 9.17) is 36.9 Å². The lowest BCUT2D eigenvalue weighted by molar-refractivity contribution is -0.197. The van der Waals surface area contributed by atoms with Gasteiger partial charge in [-0.1, -0.05) is 12.1 Å². The summed E-state index contributed by atoms with van der Waals surface area (Å²) in [5.74, 6) is 1.45. The van der Waals surface area contributed by atoms with E-state index >= 15 is 0 Å². The minimum Gasteiger partial charge on any atom is -0.487 e. The lowest BCUT2D eigenvalue weighted by Crippen LogP contribution is -2.50. The van der Waals surface area contributed by atoms with Crippen LogP contribution >= 0.6 is 12.2 Å². The Hall–Kier alpha value is -1.57. The van der Waals surface area contributed by atoms with Crippen LogP contribution in [0.25, 0.3) is 0 Å². The van der Waals surface area contributed by atoms with Crippen LogP contribution in [0.3, 0.4) is 0 Å². The third kappa shape index (κ3) is 1.96. The van der Waals surface area contributed by atoms with Crippen LogP contribution in [0.1, 0.15) is 0 Å². The number of rotatable bonds is 1. The Morgan fingerprint density at radius 2 is 2.10 bits per heavy atom. The average Bonchev–Trinajstić information content (AvgIpc) is 3.24. The quantitative estimate of drug-likeness (QED) is 0.598. The molecule has 0 unspecified atom stereocenters. The fourth-order valence-electron chi connectivity index (χ4n) is 3.22. The van der Waals surface area contributed by atoms with E-state index in [-0.39, 0.29) is 30.6 Å². The summed E-state index contributed by atoms with van der Waals surface area (Å²) in [6, 6.07) is 7.69. The van der Waals surface area contributed by atoms with Crippen molar-refractivity contribution in [2.45, 2.75) is 30.6 Å². The summed E-state index contributed by atoms with van der Waals surface area (Å²) in [6.07, 6.45) is -0.763. The molecule has 5 atom stereocenters. The van der Waals surface area contributed by atoms with Gasteiger partial charge in [0.25, 0.3) is 0 Å². The molecule has 0 radical (unpaired) electrons. The van der Waals surface area contributed by atoms with Crippen LogP contribution in [0.5, 0.6) is 11.5 Å². The van der Waals surface area contributed by atoms with E-state index in [9.17, 15) is 0 Å². The van der Waals surface area contributed by atoms with Gasteiger partial charge in [0.1, 0.15) is 18.8 Å². The van der Waals surface area contributed by atoms with Crippen LogP contribution in [0.15, 0.2) is 24.3 Å². The zero-order chi connectivity index (χ0) is 14.6. The highest BCUT2D eigenvalue weighted by atomic mass is 32.1. The van der Waals surface area contributed by atoms with E-state index in [2.05, 4.69) is 0 Å². The number of nitrogens with two attached hydrogens (primary N) is 1. The molecule has 0 aliphatic carbocycles. The van der Waals surface area contributed by atoms with E-state index in [1.165, 1.54) is 0 Å². The molecular formula is C14H16N2O4S. The second-order valence-corrected chi connectivity index (χ2v) is 5.76. The fourth-order valence-corrected chi connectivity index (χ4v) is 3.46. The largest absolute Gasteiger partial charge is 0.487 e. The van der Waals surface area contributed by atoms with Crippen LogP contribution < -0.4 is 15.2 Å². The number of thiocarbonyl (C=S) groups is 1. The van der Waals surface area contributed by atoms with Crippen molar-refractivity contribution < 1.29 is 18.9 Å². The molecule has 2 saturated heterocycles. The zero-order valence-electron chi connectivity index (χ0n) is 11.5. The molecular weight excluding hydrogens is 292 g/mol. The monoisotopic (exact) mass is 308 g/mol. The van der Waals surface area contributed by atoms with Gasteiger partial charge in [0.2, 0.25) is 0 Å². The summed E-state index contributed by atoms with van der Waals surface area (Å²) in [5, 5.41) is 0.346. The van der Waals surface area contributed by atoms with Crippen molar-refractivity contribution >= 4 is 17.3 Å². The molecule has 0 aromatic heterocycles. The van der Waals surface area contributed by atoms with Gasteiger partial charge >= 0.3 is 0 Å². The van der Waals surface area contributed by atoms with Crippen molar-refractivity contribution in [3.63, 3.8) is 0 Å². The van der Waals surface area contributed by atoms with E-state index in [0.29, 0.717) is 11.7 Å². The Balaban J connectivity index is 1.65. The predicted octanol–water partition coefficient (Wildman–Crippen LogP) is 0.494. The summed E-state index contributed by atoms with van der Waals surface area (Å²) >= 11 is 5.11. The first-order chi connectivity index (χ1) is 10.2. The summed E-state index contributed by atoms with van der Waals surface area (Å²) in [6.45, 7) is 0.413. The van der Waals surface area contributed by atoms with Crippen molar-refractivity contribution in [3.05, 3.63) is 24.3 Å². The molecule has 6 nitrogen and oxygen atoms in total. The van der Waals surface area contributed by atoms with Gasteiger partial charge in [-0.2, -0.15) is 0 Å². The molecule has 0 saturated carbocycles. The van der Waals surface area contributed by atoms with Gasteiger partial charge in [-0.25, -0.2) is 0 Å². The minimum atomic E-state index is -0.369. The lowest BCUT2D eigenvalue weighted by atomic mass is 10.1. The van der Waals surface area contributed by atoms with Gasteiger partial charge in [-0.3, -0.25) is 0 Å². The highest BCUT2D eigenvalue weighted by Gasteiger charge is 2.65. The maximum atomic E-state index is 6.13. The first-order valence-corrected chi connectivity index (χ1v) is 7.26. The average molecular weight is 308 g/mol. The summed E-state index contributed by atoms with van der Waals surface area (Å²) in [4.78, 5) is 1.92. The minimum absolute atomic E-state index is 0.0130. The van der Waals surface area contributed by atoms with Crippen LogP contribution in [-0.2, 0) is 9.47 Å². The molecule has 21 heavy (non-hydrogen) atoms. The van der Waals surface area contributed by atoms with E-state index in [1.54, 1.807) is 7.11 Å². The molecule has 7 heteroatoms. The topological polar surface area (TPSA) is 66.0 Å². The summed E-state index contributed by atoms with van der Waals surface area (Å²) in [5.41, 5.74) is 5.79. The molecule has 2 fully saturated rings. The maximum Gasteiger partial charge on any atom is 0.180 e. The lowest BCUT2D eigenvalue weighted by Gasteiger charge is -2.31. The van der Waals surface area contributed by atoms with Crippen LogP contribution in [0.4, 0.5) is 0 Å². The molecule has 0 spiro atoms. The maximum absolute atomic E-state index is 6.13. The Bertz CT molecular complexity index is 584. The highest BCUT2D eigenvalue weighted by molar-refractivity contribution is 7.80. The van der Waals surface area contributed by atoms with Crippen molar-refractivity contribution in [1.29, 1.82) is 0 Å². The number of hydrogen-bond acceptors (Lipinski definition) is 5. The zero-order valence-corrected chi connectivity index (χ0v) is 12.3. The molecule has 3 aliphatic heterocycles. The van der Waals surface area contributed by atoms with Gasteiger partial charge in [0.05, 0.1) is 6.04 Å². The second-order valence-electron chi connectivity index (χ2n) is 5.35. The molecule has 0 bridgehead atoms. The molecule has 4 rings (SSSR count). The molecule has 1 aromatic rings. The smallest absolute Gasteiger partial charge is 0.180 e. The summed E-state index contributed by atoms with van der Waals surface area (Å²) in [7, 11) is 1.62. The molecule has 3 aliphatic rings. The number of methoxy groups -OCH3 is 1. The highest BCUT2D eigenvalue weighted by Crippen LogP contribution is 2.45. The van der Waals surface area contributed by atoms with E-state index in [1.807, 2.05) is 29.2 Å². The number of benzene rings is 1. The Kier molecular flexibility index (Phi) is 2.95. The van der Waals surface area contributed by atoms with Gasteiger partial charge in [-0.05, 0) is 24.4 Å². The Morgan fingerprint density at radius 1 is 1.33 bits per heavy atom. The second kappa shape index (κ2) is 4.72. The normalized spacial score (nSPS) is 36.2. The number of para-hydroxylation sites is 2. The number of nitrogens with zero attached hydrogens (tertiary/aromatic N) is 1. The Labute approximate surface area is 127 Å². The molecule has 1 aromatic carbocycles. The van der Waals surface area contributed by atoms with Crippen molar-refractivity contribution in [1.82, 2.24) is 4.90 Å². The number of ether oxygens (including phenoxy) is 4. The predicted molar refractivity (Wildman–Crippen MR) is 78.2 cm³/mol. The Morgan fingerprint density at radius 3 is 2.81 bits per heavy atom. The number of hydrogen-bond donors (Lipinski definition) is 1. The van der Waals surface area contributed by atoms with Gasteiger partial charge in [0.15, 0.2) is 29.0 Å². The van der Waals surface area contributed by atoms with Gasteiger partial charge in [0, 0.05) is 7.11 Å². The van der Waals surface area contributed by atoms with Gasteiger partial charge < -0.3 is 29.6 Å². The first kappa shape index (κ1) is 13.1. The van der Waals surface area contributed by atoms with Crippen LogP contribution in [-0.4, -0.2) is 54.3 Å². The third-order valence-electron chi connectivity index (χ3n) is 4.20. The third-order valence-corrected chi connectivity index (χ3v) is 4.41. The number of fused-ring (bicyclic) bond motifs is 4. The molecule has 112 valence electrons. The first-order valence-electron chi connectivity index (χ1n) is 6.85. The molecule has 3 heterocycles. The molecule has 2 N–H and O–H groups in total. The van der Waals surface area contributed by atoms with Gasteiger partial charge in [-0.15, -0.1) is 0 Å². The van der Waals surface area contributed by atoms with E-state index in [0.717, 1.165) is 11.5 Å². The van der Waals surface area contributed by atoms with Crippen molar-refractivity contribution in [2.24, 2.45) is 5.73 Å². The van der Waals surface area contributed by atoms with Crippen molar-refractivity contribution in [2.75, 3.05) is 13.7 Å². The fraction of sp³-hybridized carbons (Fsp3) is 0.500. The van der Waals surface area contributed by atoms with Crippen molar-refractivity contribution in [3.8, 4) is 11.5 Å².